The molecular weight excluding hydrogens is 460 g/mol. The second-order valence-corrected chi connectivity index (χ2v) is 11.3. The maximum atomic E-state index is 15.5. The molecule has 2 aliphatic rings. The minimum atomic E-state index is -4.35. The van der Waals surface area contributed by atoms with Crippen LogP contribution in [-0.4, -0.2) is 35.3 Å². The molecule has 10 heteroatoms. The average Bonchev–Trinajstić information content (AvgIpc) is 2.66. The highest BCUT2D eigenvalue weighted by Gasteiger charge is 2.64. The number of aliphatic imine (C=N–C) groups is 1. The van der Waals surface area contributed by atoms with Gasteiger partial charge in [0.2, 0.25) is 5.50 Å². The van der Waals surface area contributed by atoms with Crippen molar-refractivity contribution >= 4 is 33.1 Å². The molecule has 6 nitrogen and oxygen atoms in total. The minimum Gasteiger partial charge on any atom is -0.386 e. The van der Waals surface area contributed by atoms with Crippen molar-refractivity contribution in [1.29, 1.82) is 0 Å². The summed E-state index contributed by atoms with van der Waals surface area (Å²) < 4.78 is 54.8. The van der Waals surface area contributed by atoms with Crippen molar-refractivity contribution in [1.82, 2.24) is 4.98 Å². The van der Waals surface area contributed by atoms with Crippen LogP contribution in [0.15, 0.2) is 35.5 Å². The molecule has 0 radical (unpaired) electrons. The molecule has 1 aromatic carbocycles. The zero-order valence-corrected chi connectivity index (χ0v) is 19.1. The molecule has 32 heavy (non-hydrogen) atoms. The van der Waals surface area contributed by atoms with E-state index in [1.807, 2.05) is 0 Å². The van der Waals surface area contributed by atoms with Crippen LogP contribution < -0.4 is 5.73 Å². The van der Waals surface area contributed by atoms with E-state index >= 15 is 4.39 Å². The van der Waals surface area contributed by atoms with Crippen molar-refractivity contribution in [2.75, 3.05) is 0 Å². The Morgan fingerprint density at radius 2 is 2.00 bits per heavy atom. The van der Waals surface area contributed by atoms with Gasteiger partial charge in [-0.1, -0.05) is 17.7 Å². The number of amidine groups is 1. The second-order valence-electron chi connectivity index (χ2n) is 8.59. The Morgan fingerprint density at radius 1 is 1.31 bits per heavy atom. The molecule has 2 aromatic rings. The third-order valence-corrected chi connectivity index (χ3v) is 9.41. The number of halogens is 3. The highest BCUT2D eigenvalue weighted by molar-refractivity contribution is 7.94. The number of carbonyl (C=O) groups excluding carboxylic acids is 1. The molecule has 1 spiro atoms. The standard InChI is InChI=1S/C22H22ClF2N3O3S/c1-12-8-14(23)11-27-18(12)17(29)10-13-4-5-16(24)15(9-13)21(2)19(25)32(30,31)22(6-3-7-22)20(26)28-21/h4-5,8-9,11,19H,3,6-7,10H2,1-2H3,(H2,26,28)/t19-,21+/m0/s1. The van der Waals surface area contributed by atoms with Crippen LogP contribution in [0, 0.1) is 12.7 Å². The number of aryl methyl sites for hydroxylation is 1. The van der Waals surface area contributed by atoms with E-state index in [2.05, 4.69) is 9.98 Å². The number of sulfone groups is 1. The number of Topliss-reactive ketones (excluding diaryl/α,β-unsaturated/α-hetero) is 1. The van der Waals surface area contributed by atoms with Crippen molar-refractivity contribution < 1.29 is 22.0 Å². The van der Waals surface area contributed by atoms with Gasteiger partial charge in [0.15, 0.2) is 15.6 Å². The number of benzene rings is 1. The summed E-state index contributed by atoms with van der Waals surface area (Å²) in [4.78, 5) is 21.0. The fraction of sp³-hybridized carbons (Fsp3) is 0.409. The molecule has 4 rings (SSSR count). The maximum Gasteiger partial charge on any atom is 0.230 e. The lowest BCUT2D eigenvalue weighted by atomic mass is 9.82. The molecule has 1 saturated carbocycles. The first kappa shape index (κ1) is 22.8. The fourth-order valence-electron chi connectivity index (χ4n) is 4.44. The van der Waals surface area contributed by atoms with E-state index in [-0.39, 0.29) is 42.1 Å². The second kappa shape index (κ2) is 7.59. The first-order chi connectivity index (χ1) is 14.9. The molecule has 170 valence electrons. The average molecular weight is 482 g/mol. The molecule has 0 unspecified atom stereocenters. The lowest BCUT2D eigenvalue weighted by molar-refractivity contribution is 0.0987. The van der Waals surface area contributed by atoms with Crippen LogP contribution in [0.4, 0.5) is 8.78 Å². The van der Waals surface area contributed by atoms with Gasteiger partial charge >= 0.3 is 0 Å². The van der Waals surface area contributed by atoms with E-state index in [1.54, 1.807) is 13.0 Å². The zero-order valence-electron chi connectivity index (χ0n) is 17.5. The van der Waals surface area contributed by atoms with Gasteiger partial charge in [0.25, 0.3) is 0 Å². The van der Waals surface area contributed by atoms with Crippen LogP contribution in [0.3, 0.4) is 0 Å². The molecule has 2 atom stereocenters. The van der Waals surface area contributed by atoms with Crippen LogP contribution in [-0.2, 0) is 21.8 Å². The number of rotatable bonds is 4. The van der Waals surface area contributed by atoms with Crippen LogP contribution in [0.1, 0.15) is 53.4 Å². The number of hydrogen-bond acceptors (Lipinski definition) is 6. The summed E-state index contributed by atoms with van der Waals surface area (Å²) in [6, 6.07) is 5.34. The van der Waals surface area contributed by atoms with E-state index < -0.39 is 31.4 Å². The Kier molecular flexibility index (Phi) is 5.40. The summed E-state index contributed by atoms with van der Waals surface area (Å²) >= 11 is 5.88. The Morgan fingerprint density at radius 3 is 2.59 bits per heavy atom. The summed E-state index contributed by atoms with van der Waals surface area (Å²) in [5.74, 6) is -1.36. The monoisotopic (exact) mass is 481 g/mol. The topological polar surface area (TPSA) is 102 Å². The van der Waals surface area contributed by atoms with Gasteiger partial charge in [0.1, 0.15) is 27.6 Å². The Balaban J connectivity index is 1.74. The van der Waals surface area contributed by atoms with E-state index in [1.165, 1.54) is 25.3 Å². The van der Waals surface area contributed by atoms with Gasteiger partial charge in [0, 0.05) is 18.2 Å². The molecule has 1 fully saturated rings. The van der Waals surface area contributed by atoms with Crippen LogP contribution in [0.2, 0.25) is 5.02 Å². The van der Waals surface area contributed by atoms with Crippen LogP contribution in [0.25, 0.3) is 0 Å². The predicted molar refractivity (Wildman–Crippen MR) is 118 cm³/mol. The summed E-state index contributed by atoms with van der Waals surface area (Å²) in [6.07, 6.45) is 2.21. The SMILES string of the molecule is Cc1cc(Cl)cnc1C(=O)Cc1ccc(F)c([C@@]2(C)N=C(N)C3(CCC3)S(=O)(=O)[C@@H]2F)c1. The van der Waals surface area contributed by atoms with Crippen LogP contribution >= 0.6 is 11.6 Å². The number of aromatic nitrogens is 1. The maximum absolute atomic E-state index is 15.5. The van der Waals surface area contributed by atoms with Crippen LogP contribution in [0.5, 0.6) is 0 Å². The fourth-order valence-corrected chi connectivity index (χ4v) is 7.03. The van der Waals surface area contributed by atoms with Crippen molar-refractivity contribution in [2.45, 2.75) is 55.3 Å². The highest BCUT2D eigenvalue weighted by atomic mass is 35.5. The Bertz CT molecular complexity index is 1260. The summed E-state index contributed by atoms with van der Waals surface area (Å²) in [6.45, 7) is 2.90. The molecular formula is C22H22ClF2N3O3S. The molecule has 0 saturated heterocycles. The molecule has 0 amide bonds. The number of carbonyl (C=O) groups is 1. The van der Waals surface area contributed by atoms with Crippen molar-refractivity contribution in [3.05, 3.63) is 63.7 Å². The van der Waals surface area contributed by atoms with Gasteiger partial charge in [-0.3, -0.25) is 14.8 Å². The van der Waals surface area contributed by atoms with Crippen molar-refractivity contribution in [3.63, 3.8) is 0 Å². The van der Waals surface area contributed by atoms with Gasteiger partial charge in [0.05, 0.1) is 5.02 Å². The third kappa shape index (κ3) is 3.25. The molecule has 0 bridgehead atoms. The molecule has 1 aliphatic carbocycles. The van der Waals surface area contributed by atoms with Gasteiger partial charge in [-0.15, -0.1) is 0 Å². The van der Waals surface area contributed by atoms with E-state index in [0.717, 1.165) is 6.07 Å². The summed E-state index contributed by atoms with van der Waals surface area (Å²) in [5.41, 5.74) is 2.37. The normalized spacial score (nSPS) is 25.8. The smallest absolute Gasteiger partial charge is 0.230 e. The predicted octanol–water partition coefficient (Wildman–Crippen LogP) is 3.83. The van der Waals surface area contributed by atoms with Gasteiger partial charge in [-0.2, -0.15) is 0 Å². The number of pyridine rings is 1. The number of hydrogen-bond donors (Lipinski definition) is 1. The van der Waals surface area contributed by atoms with Gasteiger partial charge < -0.3 is 5.73 Å². The first-order valence-electron chi connectivity index (χ1n) is 10.1. The summed E-state index contributed by atoms with van der Waals surface area (Å²) in [7, 11) is -4.35. The lowest BCUT2D eigenvalue weighted by Crippen LogP contribution is -2.64. The van der Waals surface area contributed by atoms with Crippen molar-refractivity contribution in [2.24, 2.45) is 10.7 Å². The number of alkyl halides is 1. The van der Waals surface area contributed by atoms with E-state index in [4.69, 9.17) is 17.3 Å². The minimum absolute atomic E-state index is 0.147. The highest BCUT2D eigenvalue weighted by Crippen LogP contribution is 2.51. The molecule has 2 N–H and O–H groups in total. The largest absolute Gasteiger partial charge is 0.386 e. The van der Waals surface area contributed by atoms with Crippen molar-refractivity contribution in [3.8, 4) is 0 Å². The summed E-state index contributed by atoms with van der Waals surface area (Å²) in [5, 5.41) is 0.392. The van der Waals surface area contributed by atoms with Gasteiger partial charge in [-0.05, 0) is 62.4 Å². The molecule has 1 aromatic heterocycles. The molecule has 2 heterocycles. The van der Waals surface area contributed by atoms with Gasteiger partial charge in [-0.25, -0.2) is 17.2 Å². The van der Waals surface area contributed by atoms with E-state index in [9.17, 15) is 17.6 Å². The quantitative estimate of drug-likeness (QED) is 0.668. The first-order valence-corrected chi connectivity index (χ1v) is 12.0. The Labute approximate surface area is 189 Å². The number of nitrogens with zero attached hydrogens (tertiary/aromatic N) is 2. The molecule has 1 aliphatic heterocycles. The third-order valence-electron chi connectivity index (χ3n) is 6.49. The number of nitrogens with two attached hydrogens (primary N) is 1. The zero-order chi connectivity index (χ0) is 23.5. The van der Waals surface area contributed by atoms with E-state index in [0.29, 0.717) is 22.6 Å². The lowest BCUT2D eigenvalue weighted by Gasteiger charge is -2.48. The number of ketones is 1. The Hall–Kier alpha value is -2.39.